The van der Waals surface area contributed by atoms with Gasteiger partial charge in [-0.15, -0.1) is 0 Å². The molecule has 0 radical (unpaired) electrons. The normalized spacial score (nSPS) is 26.2. The van der Waals surface area contributed by atoms with Crippen LogP contribution in [0, 0.1) is 5.41 Å². The van der Waals surface area contributed by atoms with Crippen LogP contribution in [0.4, 0.5) is 0 Å². The molecule has 0 aromatic heterocycles. The summed E-state index contributed by atoms with van der Waals surface area (Å²) in [5.41, 5.74) is 0.113. The van der Waals surface area contributed by atoms with E-state index in [4.69, 9.17) is 0 Å². The second-order valence-corrected chi connectivity index (χ2v) is 4.23. The van der Waals surface area contributed by atoms with Crippen molar-refractivity contribution in [1.82, 2.24) is 0 Å². The quantitative estimate of drug-likeness (QED) is 0.661. The van der Waals surface area contributed by atoms with Gasteiger partial charge in [0, 0.05) is 5.41 Å². The maximum Gasteiger partial charge on any atom is 0.0633 e. The highest BCUT2D eigenvalue weighted by Gasteiger charge is 2.34. The topological polar surface area (TPSA) is 20.2 Å². The lowest BCUT2D eigenvalue weighted by atomic mass is 9.70. The molecule has 1 unspecified atom stereocenters. The molecule has 1 N–H and O–H groups in total. The van der Waals surface area contributed by atoms with Crippen molar-refractivity contribution in [3.05, 3.63) is 12.2 Å². The Kier molecular flexibility index (Phi) is 3.98. The van der Waals surface area contributed by atoms with Crippen molar-refractivity contribution in [2.75, 3.05) is 0 Å². The molecule has 0 heterocycles. The summed E-state index contributed by atoms with van der Waals surface area (Å²) >= 11 is 0. The van der Waals surface area contributed by atoms with E-state index in [2.05, 4.69) is 26.0 Å². The number of hydrogen-bond acceptors (Lipinski definition) is 1. The van der Waals surface area contributed by atoms with E-state index < -0.39 is 0 Å². The highest BCUT2D eigenvalue weighted by Crippen LogP contribution is 2.39. The second-order valence-electron chi connectivity index (χ2n) is 4.23. The van der Waals surface area contributed by atoms with E-state index in [1.54, 1.807) is 0 Å². The molecule has 1 aliphatic carbocycles. The van der Waals surface area contributed by atoms with Crippen LogP contribution >= 0.6 is 0 Å². The first-order valence-corrected chi connectivity index (χ1v) is 5.61. The Balaban J connectivity index is 2.72. The van der Waals surface area contributed by atoms with Crippen molar-refractivity contribution < 1.29 is 5.11 Å². The SMILES string of the molecule is CCCC1(CCC)C=CCCC1O. The third kappa shape index (κ3) is 2.34. The van der Waals surface area contributed by atoms with Crippen molar-refractivity contribution in [1.29, 1.82) is 0 Å². The molecule has 13 heavy (non-hydrogen) atoms. The Morgan fingerprint density at radius 1 is 1.31 bits per heavy atom. The summed E-state index contributed by atoms with van der Waals surface area (Å²) in [7, 11) is 0. The van der Waals surface area contributed by atoms with Gasteiger partial charge in [-0.3, -0.25) is 0 Å². The average Bonchev–Trinajstić information content (AvgIpc) is 2.11. The number of hydrogen-bond donors (Lipinski definition) is 1. The minimum absolute atomic E-state index is 0.0996. The van der Waals surface area contributed by atoms with Crippen molar-refractivity contribution >= 4 is 0 Å². The Morgan fingerprint density at radius 2 is 1.92 bits per heavy atom. The number of aliphatic hydroxyl groups excluding tert-OH is 1. The van der Waals surface area contributed by atoms with E-state index in [0.717, 1.165) is 25.7 Å². The van der Waals surface area contributed by atoms with E-state index in [0.29, 0.717) is 0 Å². The third-order valence-corrected chi connectivity index (χ3v) is 3.15. The standard InChI is InChI=1S/C12H22O/c1-3-8-12(9-4-2)10-6-5-7-11(12)13/h6,10-11,13H,3-5,7-9H2,1-2H3. The summed E-state index contributed by atoms with van der Waals surface area (Å²) in [6.45, 7) is 4.40. The van der Waals surface area contributed by atoms with E-state index in [1.807, 2.05) is 0 Å². The molecule has 0 bridgehead atoms. The Bertz CT molecular complexity index is 166. The summed E-state index contributed by atoms with van der Waals surface area (Å²) in [5.74, 6) is 0. The largest absolute Gasteiger partial charge is 0.392 e. The van der Waals surface area contributed by atoms with Gasteiger partial charge in [-0.2, -0.15) is 0 Å². The lowest BCUT2D eigenvalue weighted by Crippen LogP contribution is -2.35. The molecule has 0 saturated heterocycles. The van der Waals surface area contributed by atoms with Crippen molar-refractivity contribution in [2.45, 2.75) is 58.5 Å². The lowest BCUT2D eigenvalue weighted by molar-refractivity contribution is 0.0325. The molecule has 0 saturated carbocycles. The predicted octanol–water partition coefficient (Wildman–Crippen LogP) is 3.28. The molecule has 1 rings (SSSR count). The molecule has 76 valence electrons. The third-order valence-electron chi connectivity index (χ3n) is 3.15. The van der Waals surface area contributed by atoms with Gasteiger partial charge in [0.05, 0.1) is 6.10 Å². The zero-order valence-electron chi connectivity index (χ0n) is 8.92. The molecule has 1 atom stereocenters. The first-order chi connectivity index (χ1) is 6.25. The first-order valence-electron chi connectivity index (χ1n) is 5.61. The van der Waals surface area contributed by atoms with Crippen LogP contribution in [0.5, 0.6) is 0 Å². The van der Waals surface area contributed by atoms with Crippen LogP contribution in [-0.4, -0.2) is 11.2 Å². The minimum Gasteiger partial charge on any atom is -0.392 e. The zero-order chi connectivity index (χ0) is 9.73. The van der Waals surface area contributed by atoms with Gasteiger partial charge in [-0.05, 0) is 25.7 Å². The van der Waals surface area contributed by atoms with Gasteiger partial charge in [-0.25, -0.2) is 0 Å². The fourth-order valence-electron chi connectivity index (χ4n) is 2.53. The Labute approximate surface area is 81.9 Å². The molecule has 0 fully saturated rings. The predicted molar refractivity (Wildman–Crippen MR) is 56.6 cm³/mol. The van der Waals surface area contributed by atoms with Crippen LogP contribution in [-0.2, 0) is 0 Å². The van der Waals surface area contributed by atoms with Crippen LogP contribution < -0.4 is 0 Å². The van der Waals surface area contributed by atoms with Gasteiger partial charge in [0.15, 0.2) is 0 Å². The number of allylic oxidation sites excluding steroid dienone is 1. The number of aliphatic hydroxyl groups is 1. The molecule has 1 nitrogen and oxygen atoms in total. The fourth-order valence-corrected chi connectivity index (χ4v) is 2.53. The van der Waals surface area contributed by atoms with Crippen molar-refractivity contribution in [3.63, 3.8) is 0 Å². The summed E-state index contributed by atoms with van der Waals surface area (Å²) in [6, 6.07) is 0. The monoisotopic (exact) mass is 182 g/mol. The zero-order valence-corrected chi connectivity index (χ0v) is 8.92. The minimum atomic E-state index is -0.0996. The van der Waals surface area contributed by atoms with Crippen LogP contribution in [0.25, 0.3) is 0 Å². The van der Waals surface area contributed by atoms with E-state index in [9.17, 15) is 5.11 Å². The van der Waals surface area contributed by atoms with Gasteiger partial charge in [0.2, 0.25) is 0 Å². The summed E-state index contributed by atoms with van der Waals surface area (Å²) < 4.78 is 0. The van der Waals surface area contributed by atoms with Gasteiger partial charge < -0.3 is 5.11 Å². The molecule has 1 heteroatoms. The maximum atomic E-state index is 10.0. The smallest absolute Gasteiger partial charge is 0.0633 e. The fraction of sp³-hybridized carbons (Fsp3) is 0.833. The van der Waals surface area contributed by atoms with Crippen LogP contribution in [0.1, 0.15) is 52.4 Å². The molecule has 0 aromatic rings. The van der Waals surface area contributed by atoms with Crippen LogP contribution in [0.3, 0.4) is 0 Å². The summed E-state index contributed by atoms with van der Waals surface area (Å²) in [4.78, 5) is 0. The summed E-state index contributed by atoms with van der Waals surface area (Å²) in [6.07, 6.45) is 11.0. The van der Waals surface area contributed by atoms with Crippen LogP contribution in [0.15, 0.2) is 12.2 Å². The first kappa shape index (κ1) is 10.8. The lowest BCUT2D eigenvalue weighted by Gasteiger charge is -2.38. The molecular formula is C12H22O. The molecule has 0 amide bonds. The van der Waals surface area contributed by atoms with Crippen molar-refractivity contribution in [3.8, 4) is 0 Å². The maximum absolute atomic E-state index is 10.0. The molecule has 0 spiro atoms. The van der Waals surface area contributed by atoms with Gasteiger partial charge in [0.1, 0.15) is 0 Å². The molecular weight excluding hydrogens is 160 g/mol. The van der Waals surface area contributed by atoms with E-state index >= 15 is 0 Å². The second kappa shape index (κ2) is 4.80. The van der Waals surface area contributed by atoms with Gasteiger partial charge >= 0.3 is 0 Å². The van der Waals surface area contributed by atoms with Gasteiger partial charge in [0.25, 0.3) is 0 Å². The number of rotatable bonds is 4. The molecule has 1 aliphatic rings. The Morgan fingerprint density at radius 3 is 2.38 bits per heavy atom. The van der Waals surface area contributed by atoms with Gasteiger partial charge in [-0.1, -0.05) is 38.8 Å². The van der Waals surface area contributed by atoms with E-state index in [1.165, 1.54) is 12.8 Å². The Hall–Kier alpha value is -0.300. The average molecular weight is 182 g/mol. The van der Waals surface area contributed by atoms with E-state index in [-0.39, 0.29) is 11.5 Å². The van der Waals surface area contributed by atoms with Crippen LogP contribution in [0.2, 0.25) is 0 Å². The molecule has 0 aromatic carbocycles. The van der Waals surface area contributed by atoms with Crippen molar-refractivity contribution in [2.24, 2.45) is 5.41 Å². The molecule has 0 aliphatic heterocycles. The summed E-state index contributed by atoms with van der Waals surface area (Å²) in [5, 5.41) is 10.0. The highest BCUT2D eigenvalue weighted by molar-refractivity contribution is 5.07. The highest BCUT2D eigenvalue weighted by atomic mass is 16.3.